The first-order valence-electron chi connectivity index (χ1n) is 4.81. The van der Waals surface area contributed by atoms with E-state index >= 15 is 0 Å². The van der Waals surface area contributed by atoms with Crippen molar-refractivity contribution in [2.24, 2.45) is 5.73 Å². The molecule has 0 radical (unpaired) electrons. The predicted molar refractivity (Wildman–Crippen MR) is 55.3 cm³/mol. The largest absolute Gasteiger partial charge is 0.366 e. The summed E-state index contributed by atoms with van der Waals surface area (Å²) in [6.45, 7) is 8.25. The van der Waals surface area contributed by atoms with Crippen LogP contribution in [-0.2, 0) is 4.79 Å². The molecule has 3 heteroatoms. The minimum Gasteiger partial charge on any atom is -0.366 e. The number of nitrogens with zero attached hydrogens (tertiary/aromatic N) is 1. The van der Waals surface area contributed by atoms with E-state index in [0.29, 0.717) is 6.04 Å². The fourth-order valence-corrected chi connectivity index (χ4v) is 1.18. The summed E-state index contributed by atoms with van der Waals surface area (Å²) in [5.41, 5.74) is 4.98. The molecule has 0 spiro atoms. The second-order valence-corrected chi connectivity index (χ2v) is 3.15. The highest BCUT2D eigenvalue weighted by Gasteiger charge is 2.06. The molecule has 0 aliphatic rings. The zero-order valence-corrected chi connectivity index (χ0v) is 8.79. The lowest BCUT2D eigenvalue weighted by atomic mass is 10.2. The molecule has 1 unspecified atom stereocenters. The fraction of sp³-hybridized carbons (Fsp3) is 0.700. The van der Waals surface area contributed by atoms with E-state index in [9.17, 15) is 4.79 Å². The molecule has 0 fully saturated rings. The molecule has 13 heavy (non-hydrogen) atoms. The summed E-state index contributed by atoms with van der Waals surface area (Å²) < 4.78 is 0. The highest BCUT2D eigenvalue weighted by atomic mass is 16.1. The van der Waals surface area contributed by atoms with E-state index in [4.69, 9.17) is 5.73 Å². The van der Waals surface area contributed by atoms with Gasteiger partial charge in [0, 0.05) is 12.6 Å². The lowest BCUT2D eigenvalue weighted by molar-refractivity contribution is -0.113. The van der Waals surface area contributed by atoms with Crippen molar-refractivity contribution >= 4 is 5.91 Å². The molecule has 0 aromatic heterocycles. The molecule has 0 rings (SSSR count). The van der Waals surface area contributed by atoms with Gasteiger partial charge in [0.25, 0.3) is 0 Å². The Bertz CT molecular complexity index is 178. The summed E-state index contributed by atoms with van der Waals surface area (Å²) in [7, 11) is 0. The van der Waals surface area contributed by atoms with Gasteiger partial charge in [-0.2, -0.15) is 0 Å². The maximum absolute atomic E-state index is 10.4. The SMILES string of the molecule is CCC(C)N(CC)C/C=C/C(N)=O. The van der Waals surface area contributed by atoms with Crippen LogP contribution in [0, 0.1) is 0 Å². The van der Waals surface area contributed by atoms with Crippen LogP contribution >= 0.6 is 0 Å². The smallest absolute Gasteiger partial charge is 0.241 e. The monoisotopic (exact) mass is 184 g/mol. The minimum atomic E-state index is -0.375. The lowest BCUT2D eigenvalue weighted by Gasteiger charge is -2.25. The zero-order valence-electron chi connectivity index (χ0n) is 8.79. The van der Waals surface area contributed by atoms with E-state index < -0.39 is 0 Å². The number of primary amides is 1. The van der Waals surface area contributed by atoms with Crippen molar-refractivity contribution in [1.29, 1.82) is 0 Å². The predicted octanol–water partition coefficient (Wildman–Crippen LogP) is 1.15. The van der Waals surface area contributed by atoms with E-state index in [0.717, 1.165) is 19.5 Å². The summed E-state index contributed by atoms with van der Waals surface area (Å²) in [5.74, 6) is -0.375. The molecule has 3 nitrogen and oxygen atoms in total. The number of rotatable bonds is 6. The number of carbonyl (C=O) groups excluding carboxylic acids is 1. The third-order valence-electron chi connectivity index (χ3n) is 2.24. The Morgan fingerprint density at radius 2 is 2.15 bits per heavy atom. The van der Waals surface area contributed by atoms with Crippen molar-refractivity contribution in [2.75, 3.05) is 13.1 Å². The molecule has 0 saturated carbocycles. The van der Waals surface area contributed by atoms with Crippen molar-refractivity contribution in [1.82, 2.24) is 4.90 Å². The Balaban J connectivity index is 3.91. The molecule has 76 valence electrons. The Hall–Kier alpha value is -0.830. The Morgan fingerprint density at radius 3 is 2.54 bits per heavy atom. The first-order valence-corrected chi connectivity index (χ1v) is 4.81. The van der Waals surface area contributed by atoms with Crippen LogP contribution in [-0.4, -0.2) is 29.9 Å². The van der Waals surface area contributed by atoms with Crippen LogP contribution in [0.15, 0.2) is 12.2 Å². The van der Waals surface area contributed by atoms with Gasteiger partial charge in [0.15, 0.2) is 0 Å². The quantitative estimate of drug-likeness (QED) is 0.629. The molecule has 0 aliphatic carbocycles. The second-order valence-electron chi connectivity index (χ2n) is 3.15. The molecule has 0 aliphatic heterocycles. The van der Waals surface area contributed by atoms with Gasteiger partial charge < -0.3 is 5.73 Å². The molecule has 1 atom stereocenters. The standard InChI is InChI=1S/C10H20N2O/c1-4-9(3)12(5-2)8-6-7-10(11)13/h6-7,9H,4-5,8H2,1-3H3,(H2,11,13)/b7-6+. The Morgan fingerprint density at radius 1 is 1.54 bits per heavy atom. The molecule has 0 aromatic rings. The van der Waals surface area contributed by atoms with Crippen LogP contribution in [0.25, 0.3) is 0 Å². The number of hydrogen-bond donors (Lipinski definition) is 1. The third-order valence-corrected chi connectivity index (χ3v) is 2.24. The van der Waals surface area contributed by atoms with Crippen LogP contribution in [0.1, 0.15) is 27.2 Å². The maximum atomic E-state index is 10.4. The Kier molecular flexibility index (Phi) is 6.24. The average molecular weight is 184 g/mol. The van der Waals surface area contributed by atoms with Crippen LogP contribution < -0.4 is 5.73 Å². The molecule has 0 saturated heterocycles. The molecular weight excluding hydrogens is 164 g/mol. The van der Waals surface area contributed by atoms with Crippen LogP contribution in [0.3, 0.4) is 0 Å². The van der Waals surface area contributed by atoms with E-state index in [-0.39, 0.29) is 5.91 Å². The van der Waals surface area contributed by atoms with Gasteiger partial charge in [-0.3, -0.25) is 9.69 Å². The van der Waals surface area contributed by atoms with Crippen molar-refractivity contribution < 1.29 is 4.79 Å². The number of hydrogen-bond acceptors (Lipinski definition) is 2. The van der Waals surface area contributed by atoms with Gasteiger partial charge in [0.1, 0.15) is 0 Å². The van der Waals surface area contributed by atoms with Crippen molar-refractivity contribution in [2.45, 2.75) is 33.2 Å². The highest BCUT2D eigenvalue weighted by Crippen LogP contribution is 2.02. The number of likely N-dealkylation sites (N-methyl/N-ethyl adjacent to an activating group) is 1. The Labute approximate surface area is 80.6 Å². The van der Waals surface area contributed by atoms with Gasteiger partial charge in [-0.1, -0.05) is 19.9 Å². The average Bonchev–Trinajstić information content (AvgIpc) is 2.11. The second kappa shape index (κ2) is 6.66. The first kappa shape index (κ1) is 12.2. The molecule has 2 N–H and O–H groups in total. The number of amides is 1. The van der Waals surface area contributed by atoms with Gasteiger partial charge in [-0.05, 0) is 26.0 Å². The fourth-order valence-electron chi connectivity index (χ4n) is 1.18. The summed E-state index contributed by atoms with van der Waals surface area (Å²) in [6, 6.07) is 0.558. The first-order chi connectivity index (χ1) is 6.11. The van der Waals surface area contributed by atoms with E-state index in [1.165, 1.54) is 6.08 Å². The molecule has 0 heterocycles. The van der Waals surface area contributed by atoms with Crippen LogP contribution in [0.2, 0.25) is 0 Å². The number of nitrogens with two attached hydrogens (primary N) is 1. The van der Waals surface area contributed by atoms with E-state index in [1.54, 1.807) is 0 Å². The third kappa shape index (κ3) is 5.42. The molecule has 0 bridgehead atoms. The van der Waals surface area contributed by atoms with Gasteiger partial charge in [0.2, 0.25) is 5.91 Å². The minimum absolute atomic E-state index is 0.375. The van der Waals surface area contributed by atoms with E-state index in [2.05, 4.69) is 25.7 Å². The van der Waals surface area contributed by atoms with Gasteiger partial charge in [-0.15, -0.1) is 0 Å². The topological polar surface area (TPSA) is 46.3 Å². The zero-order chi connectivity index (χ0) is 10.3. The summed E-state index contributed by atoms with van der Waals surface area (Å²) in [4.78, 5) is 12.7. The summed E-state index contributed by atoms with van der Waals surface area (Å²) in [6.07, 6.45) is 4.36. The maximum Gasteiger partial charge on any atom is 0.241 e. The van der Waals surface area contributed by atoms with Gasteiger partial charge in [-0.25, -0.2) is 0 Å². The van der Waals surface area contributed by atoms with Gasteiger partial charge >= 0.3 is 0 Å². The lowest BCUT2D eigenvalue weighted by Crippen LogP contribution is -2.32. The van der Waals surface area contributed by atoms with Crippen molar-refractivity contribution in [3.8, 4) is 0 Å². The molecule has 0 aromatic carbocycles. The summed E-state index contributed by atoms with van der Waals surface area (Å²) in [5, 5.41) is 0. The number of carbonyl (C=O) groups is 1. The van der Waals surface area contributed by atoms with Gasteiger partial charge in [0.05, 0.1) is 0 Å². The van der Waals surface area contributed by atoms with Crippen molar-refractivity contribution in [3.05, 3.63) is 12.2 Å². The van der Waals surface area contributed by atoms with E-state index in [1.807, 2.05) is 6.08 Å². The summed E-state index contributed by atoms with van der Waals surface area (Å²) >= 11 is 0. The van der Waals surface area contributed by atoms with Crippen molar-refractivity contribution in [3.63, 3.8) is 0 Å². The normalized spacial score (nSPS) is 13.8. The van der Waals surface area contributed by atoms with Crippen LogP contribution in [0.5, 0.6) is 0 Å². The molecule has 1 amide bonds. The van der Waals surface area contributed by atoms with Crippen LogP contribution in [0.4, 0.5) is 0 Å². The molecular formula is C10H20N2O. The highest BCUT2D eigenvalue weighted by molar-refractivity contribution is 5.85.